The minimum atomic E-state index is -0.311. The van der Waals surface area contributed by atoms with E-state index in [-0.39, 0.29) is 5.91 Å². The Balaban J connectivity index is 1.34. The van der Waals surface area contributed by atoms with Crippen LogP contribution < -0.4 is 16.1 Å². The maximum atomic E-state index is 13.0. The zero-order valence-electron chi connectivity index (χ0n) is 17.8. The van der Waals surface area contributed by atoms with Crippen molar-refractivity contribution in [3.63, 3.8) is 0 Å². The number of thiocarbonyl (C=S) groups is 1. The molecule has 0 saturated carbocycles. The van der Waals surface area contributed by atoms with Crippen LogP contribution in [-0.4, -0.2) is 21.7 Å². The fourth-order valence-corrected chi connectivity index (χ4v) is 4.90. The van der Waals surface area contributed by atoms with E-state index in [4.69, 9.17) is 16.6 Å². The molecule has 0 saturated heterocycles. The third-order valence-electron chi connectivity index (χ3n) is 5.37. The van der Waals surface area contributed by atoms with Gasteiger partial charge in [0.15, 0.2) is 16.0 Å². The molecular formula is C24H21N5O2S2. The number of rotatable bonds is 4. The van der Waals surface area contributed by atoms with Gasteiger partial charge in [-0.1, -0.05) is 41.7 Å². The first kappa shape index (κ1) is 21.3. The Bertz CT molecular complexity index is 1340. The number of hydrogen-bond donors (Lipinski definition) is 3. The molecular weight excluding hydrogens is 454 g/mol. The number of aryl methyl sites for hydroxylation is 1. The summed E-state index contributed by atoms with van der Waals surface area (Å²) in [6.45, 7) is 1.89. The fraction of sp³-hybridized carbons (Fsp3) is 0.167. The second-order valence-corrected chi connectivity index (χ2v) is 9.08. The van der Waals surface area contributed by atoms with Crippen LogP contribution in [0.4, 0.5) is 10.8 Å². The number of amides is 1. The van der Waals surface area contributed by atoms with Gasteiger partial charge in [-0.3, -0.25) is 15.5 Å². The maximum Gasteiger partial charge on any atom is 0.293 e. The van der Waals surface area contributed by atoms with Crippen LogP contribution in [0.2, 0.25) is 0 Å². The molecule has 166 valence electrons. The van der Waals surface area contributed by atoms with E-state index < -0.39 is 0 Å². The number of thiazole rings is 1. The quantitative estimate of drug-likeness (QED) is 0.268. The predicted molar refractivity (Wildman–Crippen MR) is 136 cm³/mol. The smallest absolute Gasteiger partial charge is 0.293 e. The fourth-order valence-electron chi connectivity index (χ4n) is 3.88. The summed E-state index contributed by atoms with van der Waals surface area (Å²) in [5.74, 6) is 0.754. The SMILES string of the molecule is Cc1c(C(=O)Nc2nc3ccccc3s2)oc2c1/C(=N/NC(=S)Nc1ccccc1)CCC2. The molecule has 0 fully saturated rings. The summed E-state index contributed by atoms with van der Waals surface area (Å²) in [7, 11) is 0. The van der Waals surface area contributed by atoms with Gasteiger partial charge in [-0.15, -0.1) is 0 Å². The van der Waals surface area contributed by atoms with Crippen molar-refractivity contribution < 1.29 is 9.21 Å². The number of hydrazone groups is 1. The van der Waals surface area contributed by atoms with Crippen molar-refractivity contribution >= 4 is 61.3 Å². The number of fused-ring (bicyclic) bond motifs is 2. The van der Waals surface area contributed by atoms with Gasteiger partial charge in [-0.25, -0.2) is 4.98 Å². The molecule has 3 N–H and O–H groups in total. The molecule has 0 bridgehead atoms. The van der Waals surface area contributed by atoms with Crippen LogP contribution in [-0.2, 0) is 6.42 Å². The molecule has 1 aliphatic rings. The Kier molecular flexibility index (Phi) is 5.89. The van der Waals surface area contributed by atoms with Crippen molar-refractivity contribution in [1.82, 2.24) is 10.4 Å². The highest BCUT2D eigenvalue weighted by atomic mass is 32.1. The van der Waals surface area contributed by atoms with E-state index >= 15 is 0 Å². The van der Waals surface area contributed by atoms with Crippen molar-refractivity contribution in [2.45, 2.75) is 26.2 Å². The lowest BCUT2D eigenvalue weighted by Crippen LogP contribution is -2.26. The van der Waals surface area contributed by atoms with Gasteiger partial charge in [0, 0.05) is 23.2 Å². The molecule has 33 heavy (non-hydrogen) atoms. The van der Waals surface area contributed by atoms with Gasteiger partial charge in [0.2, 0.25) is 0 Å². The first-order valence-corrected chi connectivity index (χ1v) is 11.8. The Morgan fingerprint density at radius 3 is 2.70 bits per heavy atom. The van der Waals surface area contributed by atoms with Crippen LogP contribution in [0, 0.1) is 6.92 Å². The Hall–Kier alpha value is -3.56. The second-order valence-electron chi connectivity index (χ2n) is 7.64. The molecule has 2 heterocycles. The Labute approximate surface area is 199 Å². The van der Waals surface area contributed by atoms with Gasteiger partial charge < -0.3 is 9.73 Å². The lowest BCUT2D eigenvalue weighted by Gasteiger charge is -2.14. The van der Waals surface area contributed by atoms with Gasteiger partial charge >= 0.3 is 0 Å². The lowest BCUT2D eigenvalue weighted by molar-refractivity contribution is 0.0994. The summed E-state index contributed by atoms with van der Waals surface area (Å²) in [6.07, 6.45) is 2.42. The summed E-state index contributed by atoms with van der Waals surface area (Å²) in [4.78, 5) is 17.5. The first-order valence-electron chi connectivity index (χ1n) is 10.6. The number of aromatic nitrogens is 1. The standard InChI is InChI=1S/C24H21N5O2S2/c1-14-20-17(28-29-23(32)25-15-8-3-2-4-9-15)11-7-12-18(20)31-21(14)22(30)27-24-26-16-10-5-6-13-19(16)33-24/h2-6,8-10,13H,7,11-12H2,1H3,(H2,25,29,32)(H,26,27,30)/b28-17+. The topological polar surface area (TPSA) is 91.6 Å². The molecule has 4 aromatic rings. The van der Waals surface area contributed by atoms with E-state index in [9.17, 15) is 4.79 Å². The Morgan fingerprint density at radius 1 is 1.09 bits per heavy atom. The van der Waals surface area contributed by atoms with Gasteiger partial charge in [0.1, 0.15) is 5.76 Å². The Morgan fingerprint density at radius 2 is 1.88 bits per heavy atom. The number of furan rings is 1. The lowest BCUT2D eigenvalue weighted by atomic mass is 9.93. The van der Waals surface area contributed by atoms with Gasteiger partial charge in [0.25, 0.3) is 5.91 Å². The highest BCUT2D eigenvalue weighted by Gasteiger charge is 2.28. The van der Waals surface area contributed by atoms with E-state index in [0.717, 1.165) is 57.8 Å². The average Bonchev–Trinajstić information content (AvgIpc) is 3.39. The first-order chi connectivity index (χ1) is 16.1. The molecule has 0 radical (unpaired) electrons. The maximum absolute atomic E-state index is 13.0. The van der Waals surface area contributed by atoms with Crippen LogP contribution in [0.5, 0.6) is 0 Å². The number of carbonyl (C=O) groups is 1. The van der Waals surface area contributed by atoms with Crippen molar-refractivity contribution in [3.8, 4) is 0 Å². The number of anilines is 2. The summed E-state index contributed by atoms with van der Waals surface area (Å²) in [5, 5.41) is 11.5. The van der Waals surface area contributed by atoms with Crippen LogP contribution in [0.1, 0.15) is 40.3 Å². The van der Waals surface area contributed by atoms with Crippen LogP contribution in [0.15, 0.2) is 64.1 Å². The van der Waals surface area contributed by atoms with E-state index in [0.29, 0.717) is 16.0 Å². The van der Waals surface area contributed by atoms with Gasteiger partial charge in [0.05, 0.1) is 15.9 Å². The molecule has 7 nitrogen and oxygen atoms in total. The number of nitrogens with zero attached hydrogens (tertiary/aromatic N) is 2. The minimum Gasteiger partial charge on any atom is -0.455 e. The zero-order chi connectivity index (χ0) is 22.8. The summed E-state index contributed by atoms with van der Waals surface area (Å²) >= 11 is 6.79. The summed E-state index contributed by atoms with van der Waals surface area (Å²) in [6, 6.07) is 17.4. The molecule has 0 aliphatic heterocycles. The molecule has 0 unspecified atom stereocenters. The van der Waals surface area contributed by atoms with Crippen LogP contribution >= 0.6 is 23.6 Å². The zero-order valence-corrected chi connectivity index (χ0v) is 19.5. The van der Waals surface area contributed by atoms with Crippen LogP contribution in [0.25, 0.3) is 10.2 Å². The van der Waals surface area contributed by atoms with Crippen molar-refractivity contribution in [2.75, 3.05) is 10.6 Å². The predicted octanol–water partition coefficient (Wildman–Crippen LogP) is 5.48. The summed E-state index contributed by atoms with van der Waals surface area (Å²) in [5.41, 5.74) is 7.13. The second kappa shape index (κ2) is 9.13. The van der Waals surface area contributed by atoms with E-state index in [1.165, 1.54) is 11.3 Å². The molecule has 5 rings (SSSR count). The normalized spacial score (nSPS) is 14.2. The monoisotopic (exact) mass is 475 g/mol. The molecule has 2 aromatic carbocycles. The van der Waals surface area contributed by atoms with E-state index in [1.54, 1.807) is 0 Å². The number of hydrogen-bond acceptors (Lipinski definition) is 6. The van der Waals surface area contributed by atoms with Gasteiger partial charge in [-0.05, 0) is 56.2 Å². The highest BCUT2D eigenvalue weighted by molar-refractivity contribution is 7.80. The van der Waals surface area contributed by atoms with Crippen molar-refractivity contribution in [2.24, 2.45) is 5.10 Å². The van der Waals surface area contributed by atoms with E-state index in [1.807, 2.05) is 61.5 Å². The molecule has 1 amide bonds. The number of nitrogens with one attached hydrogen (secondary N) is 3. The highest BCUT2D eigenvalue weighted by Crippen LogP contribution is 2.31. The molecule has 0 atom stereocenters. The van der Waals surface area contributed by atoms with Gasteiger partial charge in [-0.2, -0.15) is 5.10 Å². The molecule has 1 aliphatic carbocycles. The third kappa shape index (κ3) is 4.50. The van der Waals surface area contributed by atoms with Crippen molar-refractivity contribution in [1.29, 1.82) is 0 Å². The van der Waals surface area contributed by atoms with Crippen LogP contribution in [0.3, 0.4) is 0 Å². The number of para-hydroxylation sites is 2. The number of carbonyl (C=O) groups excluding carboxylic acids is 1. The molecule has 2 aromatic heterocycles. The third-order valence-corrected chi connectivity index (χ3v) is 6.52. The summed E-state index contributed by atoms with van der Waals surface area (Å²) < 4.78 is 7.00. The molecule has 0 spiro atoms. The largest absolute Gasteiger partial charge is 0.455 e. The number of benzene rings is 2. The molecule has 9 heteroatoms. The van der Waals surface area contributed by atoms with E-state index in [2.05, 4.69) is 26.1 Å². The minimum absolute atomic E-state index is 0.291. The average molecular weight is 476 g/mol. The van der Waals surface area contributed by atoms with Crippen molar-refractivity contribution in [3.05, 3.63) is 77.2 Å².